The fraction of sp³-hybridized carbons (Fsp3) is 0.316. The van der Waals surface area contributed by atoms with E-state index in [2.05, 4.69) is 14.8 Å². The molecule has 32 heavy (non-hydrogen) atoms. The number of benzene rings is 2. The van der Waals surface area contributed by atoms with E-state index in [1.54, 1.807) is 6.92 Å². The number of ether oxygens (including phenoxy) is 2. The Labute approximate surface area is 182 Å². The highest BCUT2D eigenvalue weighted by atomic mass is 32.2. The lowest BCUT2D eigenvalue weighted by Crippen LogP contribution is -2.43. The molecule has 1 unspecified atom stereocenters. The SMILES string of the molecule is CCOc1cc(NC(=O)[C@@H](N)C(C)O)ccc1S(=O)(=O)Nc1cccc(OC(F)(F)F)c1. The Hall–Kier alpha value is -3.03. The van der Waals surface area contributed by atoms with Crippen LogP contribution in [0, 0.1) is 0 Å². The number of carbonyl (C=O) groups excluding carboxylic acids is 1. The summed E-state index contributed by atoms with van der Waals surface area (Å²) in [6, 6.07) is 6.78. The van der Waals surface area contributed by atoms with Crippen LogP contribution in [0.3, 0.4) is 0 Å². The lowest BCUT2D eigenvalue weighted by atomic mass is 10.2. The Morgan fingerprint density at radius 1 is 1.19 bits per heavy atom. The number of sulfonamides is 1. The number of nitrogens with one attached hydrogen (secondary N) is 2. The number of hydrogen-bond acceptors (Lipinski definition) is 7. The zero-order valence-corrected chi connectivity index (χ0v) is 17.8. The van der Waals surface area contributed by atoms with Crippen molar-refractivity contribution >= 4 is 27.3 Å². The highest BCUT2D eigenvalue weighted by Crippen LogP contribution is 2.31. The molecule has 176 valence electrons. The van der Waals surface area contributed by atoms with Crippen molar-refractivity contribution in [3.63, 3.8) is 0 Å². The van der Waals surface area contributed by atoms with Gasteiger partial charge in [0.1, 0.15) is 22.4 Å². The molecule has 2 atom stereocenters. The fourth-order valence-electron chi connectivity index (χ4n) is 2.49. The van der Waals surface area contributed by atoms with Gasteiger partial charge in [-0.05, 0) is 38.1 Å². The monoisotopic (exact) mass is 477 g/mol. The third kappa shape index (κ3) is 7.00. The Morgan fingerprint density at radius 2 is 1.88 bits per heavy atom. The van der Waals surface area contributed by atoms with E-state index in [9.17, 15) is 31.5 Å². The van der Waals surface area contributed by atoms with Crippen molar-refractivity contribution in [2.24, 2.45) is 5.73 Å². The minimum atomic E-state index is -4.93. The van der Waals surface area contributed by atoms with Crippen LogP contribution in [0.15, 0.2) is 47.4 Å². The standard InChI is InChI=1S/C19H22F3N3O6S/c1-3-30-15-10-12(24-18(27)17(23)11(2)26)7-8-16(15)32(28,29)25-13-5-4-6-14(9-13)31-19(20,21)22/h4-11,17,25-26H,3,23H2,1-2H3,(H,24,27)/t11?,17-/m0/s1. The molecule has 9 nitrogen and oxygen atoms in total. The van der Waals surface area contributed by atoms with E-state index in [0.29, 0.717) is 0 Å². The van der Waals surface area contributed by atoms with Gasteiger partial charge in [-0.3, -0.25) is 9.52 Å². The largest absolute Gasteiger partial charge is 0.573 e. The van der Waals surface area contributed by atoms with E-state index in [1.165, 1.54) is 31.2 Å². The molecule has 0 aliphatic rings. The van der Waals surface area contributed by atoms with Gasteiger partial charge in [0.15, 0.2) is 0 Å². The number of carbonyl (C=O) groups is 1. The minimum absolute atomic E-state index is 0.0853. The molecule has 0 aromatic heterocycles. The summed E-state index contributed by atoms with van der Waals surface area (Å²) < 4.78 is 74.2. The smallest absolute Gasteiger partial charge is 0.492 e. The average molecular weight is 477 g/mol. The first kappa shape index (κ1) is 25.2. The predicted molar refractivity (Wildman–Crippen MR) is 110 cm³/mol. The number of halogens is 3. The van der Waals surface area contributed by atoms with Crippen LogP contribution in [0.4, 0.5) is 24.5 Å². The Bertz CT molecular complexity index is 1060. The van der Waals surface area contributed by atoms with Crippen LogP contribution in [0.5, 0.6) is 11.5 Å². The van der Waals surface area contributed by atoms with Crippen molar-refractivity contribution in [1.29, 1.82) is 0 Å². The molecule has 0 spiro atoms. The minimum Gasteiger partial charge on any atom is -0.492 e. The first-order valence-corrected chi connectivity index (χ1v) is 10.7. The summed E-state index contributed by atoms with van der Waals surface area (Å²) in [5.74, 6) is -1.42. The molecule has 0 aliphatic carbocycles. The quantitative estimate of drug-likeness (QED) is 0.435. The molecule has 2 aromatic rings. The third-order valence-electron chi connectivity index (χ3n) is 3.94. The topological polar surface area (TPSA) is 140 Å². The van der Waals surface area contributed by atoms with E-state index in [1.807, 2.05) is 0 Å². The summed E-state index contributed by atoms with van der Waals surface area (Å²) in [6.45, 7) is 3.03. The summed E-state index contributed by atoms with van der Waals surface area (Å²) in [5, 5.41) is 11.8. The zero-order valence-electron chi connectivity index (χ0n) is 17.0. The maximum Gasteiger partial charge on any atom is 0.573 e. The Kier molecular flexibility index (Phi) is 7.93. The molecule has 13 heteroatoms. The molecular formula is C19H22F3N3O6S. The maximum atomic E-state index is 12.8. The lowest BCUT2D eigenvalue weighted by Gasteiger charge is -2.17. The van der Waals surface area contributed by atoms with Gasteiger partial charge in [0.2, 0.25) is 5.91 Å². The summed E-state index contributed by atoms with van der Waals surface area (Å²) >= 11 is 0. The summed E-state index contributed by atoms with van der Waals surface area (Å²) in [4.78, 5) is 11.7. The van der Waals surface area contributed by atoms with E-state index in [-0.39, 0.29) is 28.6 Å². The van der Waals surface area contributed by atoms with E-state index >= 15 is 0 Å². The van der Waals surface area contributed by atoms with Gasteiger partial charge < -0.3 is 25.6 Å². The second-order valence-corrected chi connectivity index (χ2v) is 8.18. The van der Waals surface area contributed by atoms with Crippen molar-refractivity contribution in [2.45, 2.75) is 37.3 Å². The van der Waals surface area contributed by atoms with E-state index in [4.69, 9.17) is 10.5 Å². The van der Waals surface area contributed by atoms with Gasteiger partial charge in [-0.1, -0.05) is 6.07 Å². The summed E-state index contributed by atoms with van der Waals surface area (Å²) in [5.41, 5.74) is 5.55. The first-order valence-electron chi connectivity index (χ1n) is 9.22. The van der Waals surface area contributed by atoms with Crippen molar-refractivity contribution in [2.75, 3.05) is 16.6 Å². The average Bonchev–Trinajstić information content (AvgIpc) is 2.66. The molecular weight excluding hydrogens is 455 g/mol. The van der Waals surface area contributed by atoms with Crippen LogP contribution in [-0.4, -0.2) is 44.5 Å². The molecule has 2 rings (SSSR count). The third-order valence-corrected chi connectivity index (χ3v) is 5.36. The number of alkyl halides is 3. The number of rotatable bonds is 9. The molecule has 2 aromatic carbocycles. The Morgan fingerprint density at radius 3 is 2.47 bits per heavy atom. The van der Waals surface area contributed by atoms with Gasteiger partial charge in [0, 0.05) is 17.8 Å². The second kappa shape index (κ2) is 10.1. The normalized spacial score (nSPS) is 13.7. The first-order chi connectivity index (χ1) is 14.8. The van der Waals surface area contributed by atoms with Gasteiger partial charge in [-0.15, -0.1) is 13.2 Å². The van der Waals surface area contributed by atoms with Crippen LogP contribution in [0.25, 0.3) is 0 Å². The van der Waals surface area contributed by atoms with Gasteiger partial charge in [-0.2, -0.15) is 0 Å². The number of anilines is 2. The van der Waals surface area contributed by atoms with Gasteiger partial charge in [-0.25, -0.2) is 8.42 Å². The Balaban J connectivity index is 2.31. The number of amides is 1. The summed E-state index contributed by atoms with van der Waals surface area (Å²) in [6.07, 6.45) is -6.04. The van der Waals surface area contributed by atoms with E-state index < -0.39 is 40.2 Å². The van der Waals surface area contributed by atoms with Crippen molar-refractivity contribution < 1.29 is 41.0 Å². The molecule has 0 fully saturated rings. The molecule has 0 heterocycles. The van der Waals surface area contributed by atoms with Crippen LogP contribution >= 0.6 is 0 Å². The van der Waals surface area contributed by atoms with Gasteiger partial charge >= 0.3 is 6.36 Å². The van der Waals surface area contributed by atoms with Crippen LogP contribution in [0.1, 0.15) is 13.8 Å². The van der Waals surface area contributed by atoms with Crippen molar-refractivity contribution in [3.05, 3.63) is 42.5 Å². The number of aliphatic hydroxyl groups excluding tert-OH is 1. The molecule has 1 amide bonds. The van der Waals surface area contributed by atoms with Gasteiger partial charge in [0.05, 0.1) is 18.4 Å². The second-order valence-electron chi connectivity index (χ2n) is 6.53. The maximum absolute atomic E-state index is 12.8. The molecule has 0 radical (unpaired) electrons. The van der Waals surface area contributed by atoms with Crippen LogP contribution in [-0.2, 0) is 14.8 Å². The highest BCUT2D eigenvalue weighted by molar-refractivity contribution is 7.92. The van der Waals surface area contributed by atoms with Crippen LogP contribution in [0.2, 0.25) is 0 Å². The molecule has 0 saturated heterocycles. The van der Waals surface area contributed by atoms with Crippen molar-refractivity contribution in [3.8, 4) is 11.5 Å². The predicted octanol–water partition coefficient (Wildman–Crippen LogP) is 2.43. The zero-order chi connectivity index (χ0) is 24.1. The highest BCUT2D eigenvalue weighted by Gasteiger charge is 2.31. The number of nitrogens with two attached hydrogens (primary N) is 1. The lowest BCUT2D eigenvalue weighted by molar-refractivity contribution is -0.274. The van der Waals surface area contributed by atoms with Crippen molar-refractivity contribution in [1.82, 2.24) is 0 Å². The summed E-state index contributed by atoms with van der Waals surface area (Å²) in [7, 11) is -4.29. The van der Waals surface area contributed by atoms with Crippen LogP contribution < -0.4 is 25.2 Å². The molecule has 0 saturated carbocycles. The number of hydrogen-bond donors (Lipinski definition) is 4. The van der Waals surface area contributed by atoms with E-state index in [0.717, 1.165) is 18.2 Å². The van der Waals surface area contributed by atoms with Gasteiger partial charge in [0.25, 0.3) is 10.0 Å². The molecule has 0 bridgehead atoms. The number of aliphatic hydroxyl groups is 1. The molecule has 0 aliphatic heterocycles. The fourth-order valence-corrected chi connectivity index (χ4v) is 3.66. The molecule has 5 N–H and O–H groups in total.